The van der Waals surface area contributed by atoms with E-state index >= 15 is 0 Å². The first-order valence-electron chi connectivity index (χ1n) is 15.9. The van der Waals surface area contributed by atoms with Gasteiger partial charge in [-0.2, -0.15) is 0 Å². The summed E-state index contributed by atoms with van der Waals surface area (Å²) in [5.74, 6) is 0.872. The van der Waals surface area contributed by atoms with Crippen molar-refractivity contribution in [3.05, 3.63) is 59.3 Å². The van der Waals surface area contributed by atoms with E-state index in [1.165, 1.54) is 6.07 Å². The number of rotatable bonds is 12. The van der Waals surface area contributed by atoms with Crippen LogP contribution in [0.3, 0.4) is 0 Å². The van der Waals surface area contributed by atoms with Crippen LogP contribution < -0.4 is 9.62 Å². The first-order chi connectivity index (χ1) is 21.5. The van der Waals surface area contributed by atoms with E-state index in [0.29, 0.717) is 47.5 Å². The van der Waals surface area contributed by atoms with Gasteiger partial charge >= 0.3 is 0 Å². The van der Waals surface area contributed by atoms with Crippen molar-refractivity contribution in [2.24, 2.45) is 4.99 Å². The Bertz CT molecular complexity index is 1720. The van der Waals surface area contributed by atoms with Crippen molar-refractivity contribution in [2.45, 2.75) is 102 Å². The fourth-order valence-corrected chi connectivity index (χ4v) is 7.46. The standard InChI is InChI=1S/C34H43N5O5S/c1-6-8-16-30-35-34(19-11-12-20-34)33(41)39(30)22-25-17-18-26(28(21-25)38(5)31(40)13-7-2)27-14-9-10-15-29(27)45(42,43)37-32-23(3)24(4)36-44-32/h9-10,14-15,17-18,21,37H,6-8,11-13,16,19-20,22H2,1-5H3. The Morgan fingerprint density at radius 2 is 1.80 bits per heavy atom. The summed E-state index contributed by atoms with van der Waals surface area (Å²) >= 11 is 0. The number of aliphatic imine (C=N–C) groups is 1. The van der Waals surface area contributed by atoms with Gasteiger partial charge in [-0.1, -0.05) is 68.6 Å². The second-order valence-electron chi connectivity index (χ2n) is 12.1. The van der Waals surface area contributed by atoms with E-state index in [2.05, 4.69) is 16.8 Å². The molecule has 2 aromatic carbocycles. The topological polar surface area (TPSA) is 125 Å². The average Bonchev–Trinajstić information content (AvgIpc) is 3.70. The number of aromatic nitrogens is 1. The van der Waals surface area contributed by atoms with Crippen LogP contribution in [0.2, 0.25) is 0 Å². The zero-order valence-electron chi connectivity index (χ0n) is 26.9. The summed E-state index contributed by atoms with van der Waals surface area (Å²) in [6.45, 7) is 7.88. The molecule has 45 heavy (non-hydrogen) atoms. The van der Waals surface area contributed by atoms with E-state index in [1.807, 2.05) is 30.0 Å². The molecule has 1 aliphatic carbocycles. The lowest BCUT2D eigenvalue weighted by Gasteiger charge is -2.25. The van der Waals surface area contributed by atoms with Gasteiger partial charge in [0.25, 0.3) is 15.9 Å². The number of amidine groups is 1. The number of carbonyl (C=O) groups is 2. The van der Waals surface area contributed by atoms with Gasteiger partial charge in [-0.15, -0.1) is 0 Å². The Labute approximate surface area is 265 Å². The molecule has 0 unspecified atom stereocenters. The molecule has 0 atom stereocenters. The van der Waals surface area contributed by atoms with Crippen LogP contribution >= 0.6 is 0 Å². The van der Waals surface area contributed by atoms with E-state index in [-0.39, 0.29) is 22.6 Å². The summed E-state index contributed by atoms with van der Waals surface area (Å²) in [6.07, 6.45) is 7.27. The van der Waals surface area contributed by atoms with Gasteiger partial charge in [0, 0.05) is 36.6 Å². The number of aryl methyl sites for hydroxylation is 1. The van der Waals surface area contributed by atoms with Crippen LogP contribution in [0.5, 0.6) is 0 Å². The fraction of sp³-hybridized carbons (Fsp3) is 0.471. The minimum absolute atomic E-state index is 0.0377. The molecule has 3 aromatic rings. The highest BCUT2D eigenvalue weighted by molar-refractivity contribution is 7.92. The molecule has 0 bridgehead atoms. The first-order valence-corrected chi connectivity index (χ1v) is 17.3. The number of unbranched alkanes of at least 4 members (excludes halogenated alkanes) is 1. The van der Waals surface area contributed by atoms with Gasteiger partial charge in [0.05, 0.1) is 22.8 Å². The van der Waals surface area contributed by atoms with Gasteiger partial charge in [0.1, 0.15) is 11.4 Å². The second-order valence-corrected chi connectivity index (χ2v) is 13.8. The molecule has 1 aliphatic heterocycles. The highest BCUT2D eigenvalue weighted by Crippen LogP contribution is 2.41. The summed E-state index contributed by atoms with van der Waals surface area (Å²) in [4.78, 5) is 35.5. The summed E-state index contributed by atoms with van der Waals surface area (Å²) in [6, 6.07) is 12.3. The number of carbonyl (C=O) groups excluding carboxylic acids is 2. The highest BCUT2D eigenvalue weighted by atomic mass is 32.2. The predicted molar refractivity (Wildman–Crippen MR) is 176 cm³/mol. The van der Waals surface area contributed by atoms with Crippen LogP contribution in [-0.2, 0) is 26.2 Å². The van der Waals surface area contributed by atoms with E-state index in [1.54, 1.807) is 44.0 Å². The molecule has 2 heterocycles. The van der Waals surface area contributed by atoms with Crippen LogP contribution in [0.25, 0.3) is 11.1 Å². The number of sulfonamides is 1. The summed E-state index contributed by atoms with van der Waals surface area (Å²) in [5, 5.41) is 3.87. The number of anilines is 2. The predicted octanol–water partition coefficient (Wildman–Crippen LogP) is 6.77. The number of benzene rings is 2. The molecule has 1 aromatic heterocycles. The number of hydrogen-bond donors (Lipinski definition) is 1. The monoisotopic (exact) mass is 633 g/mol. The maximum Gasteiger partial charge on any atom is 0.264 e. The molecule has 10 nitrogen and oxygen atoms in total. The number of amides is 2. The molecule has 2 amide bonds. The molecule has 2 aliphatic rings. The molecule has 1 spiro atoms. The first kappa shape index (κ1) is 32.4. The molecular weight excluding hydrogens is 590 g/mol. The van der Waals surface area contributed by atoms with Crippen molar-refractivity contribution in [1.29, 1.82) is 0 Å². The quantitative estimate of drug-likeness (QED) is 0.235. The van der Waals surface area contributed by atoms with E-state index in [4.69, 9.17) is 9.52 Å². The lowest BCUT2D eigenvalue weighted by atomic mass is 9.97. The van der Waals surface area contributed by atoms with Crippen LogP contribution in [0.15, 0.2) is 56.9 Å². The van der Waals surface area contributed by atoms with Gasteiger partial charge in [-0.05, 0) is 57.2 Å². The maximum atomic E-state index is 13.8. The molecule has 11 heteroatoms. The molecule has 1 N–H and O–H groups in total. The molecule has 0 saturated heterocycles. The lowest BCUT2D eigenvalue weighted by Crippen LogP contribution is -2.40. The zero-order valence-corrected chi connectivity index (χ0v) is 27.7. The number of nitrogens with zero attached hydrogens (tertiary/aromatic N) is 4. The third-order valence-corrected chi connectivity index (χ3v) is 10.3. The SMILES string of the molecule is CCCCC1=NC2(CCCC2)C(=O)N1Cc1ccc(-c2ccccc2S(=O)(=O)Nc2onc(C)c2C)c(N(C)C(=O)CCC)c1. The van der Waals surface area contributed by atoms with Gasteiger partial charge in [-0.3, -0.25) is 19.5 Å². The van der Waals surface area contributed by atoms with E-state index in [0.717, 1.165) is 56.3 Å². The van der Waals surface area contributed by atoms with Gasteiger partial charge in [0.15, 0.2) is 0 Å². The molecule has 0 radical (unpaired) electrons. The zero-order chi connectivity index (χ0) is 32.4. The fourth-order valence-electron chi connectivity index (χ4n) is 6.19. The van der Waals surface area contributed by atoms with Gasteiger partial charge < -0.3 is 9.42 Å². The van der Waals surface area contributed by atoms with Crippen LogP contribution in [0, 0.1) is 13.8 Å². The lowest BCUT2D eigenvalue weighted by molar-refractivity contribution is -0.131. The summed E-state index contributed by atoms with van der Waals surface area (Å²) < 4.78 is 35.2. The minimum Gasteiger partial charge on any atom is -0.337 e. The third kappa shape index (κ3) is 6.40. The Balaban J connectivity index is 1.55. The van der Waals surface area contributed by atoms with E-state index in [9.17, 15) is 18.0 Å². The Hall–Kier alpha value is -3.99. The third-order valence-electron chi connectivity index (χ3n) is 8.94. The van der Waals surface area contributed by atoms with Crippen molar-refractivity contribution >= 4 is 39.2 Å². The molecule has 240 valence electrons. The maximum absolute atomic E-state index is 13.8. The van der Waals surface area contributed by atoms with Gasteiger partial charge in [0.2, 0.25) is 11.8 Å². The molecular formula is C34H43N5O5S. The Morgan fingerprint density at radius 3 is 2.47 bits per heavy atom. The van der Waals surface area contributed by atoms with Crippen molar-refractivity contribution in [1.82, 2.24) is 10.1 Å². The second kappa shape index (κ2) is 13.2. The Kier molecular flexibility index (Phi) is 9.48. The number of nitrogens with one attached hydrogen (secondary N) is 1. The Morgan fingerprint density at radius 1 is 1.07 bits per heavy atom. The van der Waals surface area contributed by atoms with Crippen LogP contribution in [0.1, 0.15) is 88.5 Å². The molecule has 1 saturated carbocycles. The number of hydrogen-bond acceptors (Lipinski definition) is 7. The average molecular weight is 634 g/mol. The summed E-state index contributed by atoms with van der Waals surface area (Å²) in [7, 11) is -2.39. The minimum atomic E-state index is -4.10. The van der Waals surface area contributed by atoms with Crippen molar-refractivity contribution < 1.29 is 22.5 Å². The van der Waals surface area contributed by atoms with Gasteiger partial charge in [-0.25, -0.2) is 13.1 Å². The van der Waals surface area contributed by atoms with Crippen LogP contribution in [-0.4, -0.2) is 48.7 Å². The van der Waals surface area contributed by atoms with Crippen LogP contribution in [0.4, 0.5) is 11.6 Å². The van der Waals surface area contributed by atoms with Crippen molar-refractivity contribution in [3.63, 3.8) is 0 Å². The van der Waals surface area contributed by atoms with Crippen molar-refractivity contribution in [3.8, 4) is 11.1 Å². The largest absolute Gasteiger partial charge is 0.337 e. The molecule has 1 fully saturated rings. The normalized spacial score (nSPS) is 16.0. The van der Waals surface area contributed by atoms with Crippen molar-refractivity contribution in [2.75, 3.05) is 16.7 Å². The summed E-state index contributed by atoms with van der Waals surface area (Å²) in [5.41, 5.74) is 2.97. The van der Waals surface area contributed by atoms with E-state index < -0.39 is 15.6 Å². The smallest absolute Gasteiger partial charge is 0.264 e. The molecule has 5 rings (SSSR count). The highest BCUT2D eigenvalue weighted by Gasteiger charge is 2.49.